The molecule has 8 heteroatoms. The molecule has 0 fully saturated rings. The molecule has 2 atom stereocenters. The molecule has 3 N–H and O–H groups in total. The Hall–Kier alpha value is -3.29. The van der Waals surface area contributed by atoms with Crippen LogP contribution in [-0.2, 0) is 11.3 Å². The van der Waals surface area contributed by atoms with Crippen LogP contribution < -0.4 is 15.8 Å². The van der Waals surface area contributed by atoms with Gasteiger partial charge in [-0.1, -0.05) is 18.2 Å². The van der Waals surface area contributed by atoms with Crippen molar-refractivity contribution in [1.29, 1.82) is 0 Å². The summed E-state index contributed by atoms with van der Waals surface area (Å²) in [4.78, 5) is 23.8. The molecule has 2 aromatic rings. The molecule has 28 heavy (non-hydrogen) atoms. The number of carboxylic acids is 1. The molecule has 1 aliphatic heterocycles. The van der Waals surface area contributed by atoms with E-state index in [9.17, 15) is 19.1 Å². The predicted octanol–water partition coefficient (Wildman–Crippen LogP) is 3.17. The van der Waals surface area contributed by atoms with E-state index in [0.717, 1.165) is 5.69 Å². The third-order valence-electron chi connectivity index (χ3n) is 4.78. The van der Waals surface area contributed by atoms with Crippen LogP contribution in [0.25, 0.3) is 0 Å². The Kier molecular flexibility index (Phi) is 5.39. The first-order chi connectivity index (χ1) is 13.3. The third kappa shape index (κ3) is 3.85. The van der Waals surface area contributed by atoms with Crippen LogP contribution in [0.4, 0.5) is 15.8 Å². The van der Waals surface area contributed by atoms with Gasteiger partial charge in [0.2, 0.25) is 0 Å². The van der Waals surface area contributed by atoms with Crippen LogP contribution in [0.2, 0.25) is 0 Å². The average molecular weight is 386 g/mol. The summed E-state index contributed by atoms with van der Waals surface area (Å²) in [6.07, 6.45) is 4.48. The van der Waals surface area contributed by atoms with E-state index in [0.29, 0.717) is 6.54 Å². The van der Waals surface area contributed by atoms with Crippen LogP contribution in [0.3, 0.4) is 0 Å². The smallest absolute Gasteiger partial charge is 0.339 e. The van der Waals surface area contributed by atoms with Gasteiger partial charge < -0.3 is 20.4 Å². The van der Waals surface area contributed by atoms with E-state index >= 15 is 0 Å². The van der Waals surface area contributed by atoms with Crippen molar-refractivity contribution in [2.45, 2.75) is 38.5 Å². The minimum absolute atomic E-state index is 0.0676. The highest BCUT2D eigenvalue weighted by Gasteiger charge is 2.38. The fourth-order valence-corrected chi connectivity index (χ4v) is 3.25. The van der Waals surface area contributed by atoms with Crippen molar-refractivity contribution in [3.63, 3.8) is 0 Å². The number of carboxylic acid groups (broad SMARTS) is 1. The number of nitrogens with zero attached hydrogens (tertiary/aromatic N) is 2. The molecule has 1 aromatic heterocycles. The number of nitrogens with one attached hydrogen (secondary N) is 2. The Bertz CT molecular complexity index is 896. The number of benzene rings is 1. The van der Waals surface area contributed by atoms with Gasteiger partial charge in [-0.15, -0.1) is 0 Å². The van der Waals surface area contributed by atoms with Crippen LogP contribution in [0.5, 0.6) is 0 Å². The minimum atomic E-state index is -1.83. The lowest BCUT2D eigenvalue weighted by molar-refractivity contribution is -0.121. The quantitative estimate of drug-likeness (QED) is 0.680. The summed E-state index contributed by atoms with van der Waals surface area (Å²) in [5.74, 6) is -2.05. The normalized spacial score (nSPS) is 19.3. The molecule has 0 bridgehead atoms. The maximum atomic E-state index is 14.8. The van der Waals surface area contributed by atoms with Crippen LogP contribution >= 0.6 is 0 Å². The van der Waals surface area contributed by atoms with E-state index in [-0.39, 0.29) is 17.7 Å². The van der Waals surface area contributed by atoms with Gasteiger partial charge in [-0.05, 0) is 32.1 Å². The number of aryl methyl sites for hydroxylation is 1. The molecule has 2 heterocycles. The van der Waals surface area contributed by atoms with E-state index in [1.54, 1.807) is 21.9 Å². The van der Waals surface area contributed by atoms with Crippen LogP contribution in [0.1, 0.15) is 30.6 Å². The van der Waals surface area contributed by atoms with Gasteiger partial charge in [0.1, 0.15) is 5.56 Å². The Morgan fingerprint density at radius 3 is 2.64 bits per heavy atom. The maximum Gasteiger partial charge on any atom is 0.339 e. The molecule has 1 amide bonds. The van der Waals surface area contributed by atoms with Gasteiger partial charge in [0.15, 0.2) is 6.17 Å². The number of halogens is 1. The monoisotopic (exact) mass is 386 g/mol. The van der Waals surface area contributed by atoms with Gasteiger partial charge in [0.25, 0.3) is 5.91 Å². The summed E-state index contributed by atoms with van der Waals surface area (Å²) in [6, 6.07) is 9.41. The number of hydrazine groups is 1. The summed E-state index contributed by atoms with van der Waals surface area (Å²) in [7, 11) is 0. The molecule has 0 spiro atoms. The molecule has 1 aliphatic rings. The van der Waals surface area contributed by atoms with Crippen molar-refractivity contribution in [1.82, 2.24) is 9.99 Å². The minimum Gasteiger partial charge on any atom is -0.478 e. The van der Waals surface area contributed by atoms with Gasteiger partial charge in [-0.25, -0.2) is 9.18 Å². The third-order valence-corrected chi connectivity index (χ3v) is 4.78. The number of amides is 1. The molecular weight excluding hydrogens is 363 g/mol. The maximum absolute atomic E-state index is 14.8. The molecule has 0 saturated carbocycles. The van der Waals surface area contributed by atoms with Crippen LogP contribution in [0.15, 0.2) is 55.0 Å². The van der Waals surface area contributed by atoms with Gasteiger partial charge >= 0.3 is 5.97 Å². The molecule has 2 unspecified atom stereocenters. The molecule has 0 aliphatic carbocycles. The number of alkyl halides is 1. The second kappa shape index (κ2) is 7.75. The van der Waals surface area contributed by atoms with Crippen molar-refractivity contribution >= 4 is 23.3 Å². The van der Waals surface area contributed by atoms with E-state index in [4.69, 9.17) is 0 Å². The van der Waals surface area contributed by atoms with Gasteiger partial charge in [0.05, 0.1) is 16.9 Å². The van der Waals surface area contributed by atoms with Crippen molar-refractivity contribution < 1.29 is 19.1 Å². The number of aromatic nitrogens is 1. The zero-order valence-electron chi connectivity index (χ0n) is 15.7. The van der Waals surface area contributed by atoms with Gasteiger partial charge in [0, 0.05) is 31.6 Å². The number of anilines is 2. The SMILES string of the molecule is CCn1cc(NC(=O)C(F)CC2(C)C=CNN2c2ccccc2)c(C(=O)O)c1. The highest BCUT2D eigenvalue weighted by atomic mass is 19.1. The van der Waals surface area contributed by atoms with Crippen molar-refractivity contribution in [2.24, 2.45) is 0 Å². The second-order valence-corrected chi connectivity index (χ2v) is 6.87. The Morgan fingerprint density at radius 1 is 1.29 bits per heavy atom. The second-order valence-electron chi connectivity index (χ2n) is 6.87. The number of carbonyl (C=O) groups excluding carboxylic acids is 1. The largest absolute Gasteiger partial charge is 0.478 e. The van der Waals surface area contributed by atoms with Crippen molar-refractivity contribution in [3.8, 4) is 0 Å². The highest BCUT2D eigenvalue weighted by molar-refractivity contribution is 6.01. The molecule has 1 aromatic carbocycles. The molecule has 148 valence electrons. The number of rotatable bonds is 7. The molecule has 0 saturated heterocycles. The number of carbonyl (C=O) groups is 2. The standard InChI is InChI=1S/C20H23FN4O3/c1-3-24-12-15(19(27)28)17(13-24)23-18(26)16(21)11-20(2)9-10-22-25(20)14-7-5-4-6-8-14/h4-10,12-13,16,22H,3,11H2,1-2H3,(H,23,26)(H,27,28). The molecule has 7 nitrogen and oxygen atoms in total. The Labute approximate surface area is 162 Å². The zero-order chi connectivity index (χ0) is 20.3. The van der Waals surface area contributed by atoms with E-state index < -0.39 is 23.6 Å². The number of hydrogen-bond acceptors (Lipinski definition) is 4. The van der Waals surface area contributed by atoms with Crippen LogP contribution in [-0.4, -0.2) is 33.3 Å². The van der Waals surface area contributed by atoms with Crippen molar-refractivity contribution in [3.05, 3.63) is 60.6 Å². The molecule has 3 rings (SSSR count). The van der Waals surface area contributed by atoms with E-state index in [2.05, 4.69) is 10.7 Å². The van der Waals surface area contributed by atoms with Gasteiger partial charge in [-0.3, -0.25) is 9.80 Å². The fraction of sp³-hybridized carbons (Fsp3) is 0.300. The zero-order valence-corrected chi connectivity index (χ0v) is 15.7. The lowest BCUT2D eigenvalue weighted by atomic mass is 9.94. The lowest BCUT2D eigenvalue weighted by Gasteiger charge is -2.36. The Morgan fingerprint density at radius 2 is 2.00 bits per heavy atom. The first kappa shape index (κ1) is 19.5. The predicted molar refractivity (Wildman–Crippen MR) is 105 cm³/mol. The average Bonchev–Trinajstić information content (AvgIpc) is 3.25. The first-order valence-corrected chi connectivity index (χ1v) is 9.01. The molecular formula is C20H23FN4O3. The lowest BCUT2D eigenvalue weighted by Crippen LogP contribution is -2.49. The van der Waals surface area contributed by atoms with Crippen LogP contribution in [0, 0.1) is 0 Å². The Balaban J connectivity index is 1.73. The summed E-state index contributed by atoms with van der Waals surface area (Å²) < 4.78 is 16.5. The number of aromatic carboxylic acids is 1. The fourth-order valence-electron chi connectivity index (χ4n) is 3.25. The topological polar surface area (TPSA) is 86.6 Å². The van der Waals surface area contributed by atoms with E-state index in [1.165, 1.54) is 12.4 Å². The summed E-state index contributed by atoms with van der Waals surface area (Å²) >= 11 is 0. The van der Waals surface area contributed by atoms with E-state index in [1.807, 2.05) is 44.2 Å². The van der Waals surface area contributed by atoms with Gasteiger partial charge in [-0.2, -0.15) is 0 Å². The summed E-state index contributed by atoms with van der Waals surface area (Å²) in [5, 5.41) is 13.5. The number of hydrogen-bond donors (Lipinski definition) is 3. The number of para-hydroxylation sites is 1. The first-order valence-electron chi connectivity index (χ1n) is 9.01. The summed E-state index contributed by atoms with van der Waals surface area (Å²) in [6.45, 7) is 4.20. The highest BCUT2D eigenvalue weighted by Crippen LogP contribution is 2.31. The summed E-state index contributed by atoms with van der Waals surface area (Å²) in [5.41, 5.74) is 3.17. The molecule has 0 radical (unpaired) electrons. The van der Waals surface area contributed by atoms with Crippen molar-refractivity contribution in [2.75, 3.05) is 10.3 Å².